The van der Waals surface area contributed by atoms with Crippen LogP contribution in [0.4, 0.5) is 0 Å². The van der Waals surface area contributed by atoms with Crippen LogP contribution in [0.5, 0.6) is 0 Å². The van der Waals surface area contributed by atoms with Crippen LogP contribution < -0.4 is 0 Å². The smallest absolute Gasteiger partial charge is 0.0524 e. The molecule has 0 fully saturated rings. The fraction of sp³-hybridized carbons (Fsp3) is 0.100. The molecule has 0 aromatic heterocycles. The molecule has 0 amide bonds. The molecule has 3 rings (SSSR count). The van der Waals surface area contributed by atoms with Gasteiger partial charge in [0.05, 0.1) is 31.4 Å². The van der Waals surface area contributed by atoms with Gasteiger partial charge < -0.3 is 0 Å². The zero-order chi connectivity index (χ0) is 18.5. The van der Waals surface area contributed by atoms with Crippen LogP contribution in [0.2, 0.25) is 0 Å². The first-order valence-electron chi connectivity index (χ1n) is 7.85. The summed E-state index contributed by atoms with van der Waals surface area (Å²) in [5, 5.41) is 0. The van der Waals surface area contributed by atoms with Gasteiger partial charge in [-0.1, -0.05) is 53.9 Å². The Kier molecular flexibility index (Phi) is 6.75. The molecule has 0 saturated carbocycles. The van der Waals surface area contributed by atoms with Gasteiger partial charge in [-0.25, -0.2) is 0 Å². The Morgan fingerprint density at radius 1 is 0.615 bits per heavy atom. The fourth-order valence-corrected chi connectivity index (χ4v) is 6.47. The van der Waals surface area contributed by atoms with Crippen LogP contribution in [0.1, 0.15) is 0 Å². The molecule has 0 N–H and O–H groups in total. The molecule has 0 aliphatic rings. The minimum Gasteiger partial charge on any atom is -0.255 e. The zero-order valence-electron chi connectivity index (χ0n) is 14.4. The van der Waals surface area contributed by atoms with Crippen LogP contribution in [-0.2, 0) is 21.6 Å². The molecule has 2 atom stereocenters. The first-order chi connectivity index (χ1) is 12.5. The van der Waals surface area contributed by atoms with Gasteiger partial charge in [0.2, 0.25) is 0 Å². The quantitative estimate of drug-likeness (QED) is 0.532. The zero-order valence-corrected chi connectivity index (χ0v) is 17.6. The van der Waals surface area contributed by atoms with Gasteiger partial charge in [-0.2, -0.15) is 0 Å². The van der Waals surface area contributed by atoms with Crippen molar-refractivity contribution < 1.29 is 8.42 Å². The third-order valence-electron chi connectivity index (χ3n) is 3.58. The number of hydrogen-bond acceptors (Lipinski definition) is 4. The van der Waals surface area contributed by atoms with Crippen LogP contribution in [-0.4, -0.2) is 20.9 Å². The molecule has 3 aromatic rings. The summed E-state index contributed by atoms with van der Waals surface area (Å²) >= 11 is 3.22. The summed E-state index contributed by atoms with van der Waals surface area (Å²) in [5.74, 6) is 0. The van der Waals surface area contributed by atoms with E-state index in [2.05, 4.69) is 6.07 Å². The molecule has 2 nitrogen and oxygen atoms in total. The first-order valence-corrected chi connectivity index (χ1v) is 12.6. The largest absolute Gasteiger partial charge is 0.255 e. The lowest BCUT2D eigenvalue weighted by Gasteiger charge is -2.09. The standard InChI is InChI=1S/C20H18O2S4/c1-25(21)19-12-5-3-10-17(19)23-15-8-7-9-16(14-15)24-18-11-4-6-13-20(18)26(2)22/h3-14H,1-2H3. The van der Waals surface area contributed by atoms with E-state index in [1.54, 1.807) is 36.0 Å². The van der Waals surface area contributed by atoms with Crippen molar-refractivity contribution >= 4 is 45.1 Å². The SMILES string of the molecule is CS(=O)c1ccccc1Sc1cccc(Sc2ccccc2S(C)=O)c1. The molecule has 26 heavy (non-hydrogen) atoms. The van der Waals surface area contributed by atoms with Crippen molar-refractivity contribution in [3.05, 3.63) is 72.8 Å². The highest BCUT2D eigenvalue weighted by molar-refractivity contribution is 8.00. The Morgan fingerprint density at radius 3 is 1.46 bits per heavy atom. The van der Waals surface area contributed by atoms with E-state index in [0.717, 1.165) is 29.4 Å². The molecule has 0 spiro atoms. The Morgan fingerprint density at radius 2 is 1.04 bits per heavy atom. The number of hydrogen-bond donors (Lipinski definition) is 0. The van der Waals surface area contributed by atoms with E-state index in [1.165, 1.54) is 0 Å². The summed E-state index contributed by atoms with van der Waals surface area (Å²) in [7, 11) is -2.04. The van der Waals surface area contributed by atoms with Crippen LogP contribution >= 0.6 is 23.5 Å². The molecule has 0 radical (unpaired) electrons. The van der Waals surface area contributed by atoms with Gasteiger partial charge in [-0.05, 0) is 42.5 Å². The van der Waals surface area contributed by atoms with E-state index >= 15 is 0 Å². The maximum Gasteiger partial charge on any atom is 0.0524 e. The second-order valence-electron chi connectivity index (χ2n) is 5.48. The molecule has 0 aliphatic heterocycles. The Hall–Kier alpha value is -1.34. The Labute approximate surface area is 167 Å². The minimum atomic E-state index is -1.02. The third-order valence-corrected chi connectivity index (χ3v) is 7.92. The monoisotopic (exact) mass is 418 g/mol. The maximum absolute atomic E-state index is 11.9. The van der Waals surface area contributed by atoms with Gasteiger partial charge in [-0.3, -0.25) is 8.42 Å². The number of benzene rings is 3. The van der Waals surface area contributed by atoms with Crippen LogP contribution in [0.25, 0.3) is 0 Å². The predicted molar refractivity (Wildman–Crippen MR) is 112 cm³/mol. The van der Waals surface area contributed by atoms with Crippen molar-refractivity contribution in [2.75, 3.05) is 12.5 Å². The third kappa shape index (κ3) is 4.88. The first kappa shape index (κ1) is 19.4. The minimum absolute atomic E-state index is 0.849. The second-order valence-corrected chi connectivity index (χ2v) is 10.4. The molecule has 0 bridgehead atoms. The van der Waals surface area contributed by atoms with Gasteiger partial charge in [0.1, 0.15) is 0 Å². The summed E-state index contributed by atoms with van der Waals surface area (Å²) in [6.45, 7) is 0. The second kappa shape index (κ2) is 9.04. The van der Waals surface area contributed by atoms with Crippen LogP contribution in [0.15, 0.2) is 102 Å². The van der Waals surface area contributed by atoms with E-state index in [1.807, 2.05) is 66.7 Å². The van der Waals surface area contributed by atoms with E-state index in [4.69, 9.17) is 0 Å². The lowest BCUT2D eigenvalue weighted by molar-refractivity contribution is 0.684. The lowest BCUT2D eigenvalue weighted by atomic mass is 10.4. The topological polar surface area (TPSA) is 34.1 Å². The van der Waals surface area contributed by atoms with Crippen molar-refractivity contribution in [1.82, 2.24) is 0 Å². The van der Waals surface area contributed by atoms with Gasteiger partial charge in [-0.15, -0.1) is 0 Å². The van der Waals surface area contributed by atoms with Gasteiger partial charge >= 0.3 is 0 Å². The molecular weight excluding hydrogens is 400 g/mol. The molecule has 3 aromatic carbocycles. The van der Waals surface area contributed by atoms with Crippen molar-refractivity contribution in [3.8, 4) is 0 Å². The van der Waals surface area contributed by atoms with Gasteiger partial charge in [0.25, 0.3) is 0 Å². The lowest BCUT2D eigenvalue weighted by Crippen LogP contribution is -1.91. The molecule has 6 heteroatoms. The summed E-state index contributed by atoms with van der Waals surface area (Å²) < 4.78 is 23.9. The fourth-order valence-electron chi connectivity index (χ4n) is 2.40. The highest BCUT2D eigenvalue weighted by Crippen LogP contribution is 2.37. The number of rotatable bonds is 6. The van der Waals surface area contributed by atoms with E-state index in [0.29, 0.717) is 0 Å². The molecule has 0 saturated heterocycles. The van der Waals surface area contributed by atoms with Crippen molar-refractivity contribution in [2.45, 2.75) is 29.4 Å². The average Bonchev–Trinajstić information content (AvgIpc) is 2.62. The van der Waals surface area contributed by atoms with Crippen LogP contribution in [0.3, 0.4) is 0 Å². The van der Waals surface area contributed by atoms with Crippen molar-refractivity contribution in [1.29, 1.82) is 0 Å². The molecule has 134 valence electrons. The van der Waals surface area contributed by atoms with Gasteiger partial charge in [0, 0.05) is 32.1 Å². The summed E-state index contributed by atoms with van der Waals surface area (Å²) in [5.41, 5.74) is 0. The average molecular weight is 419 g/mol. The maximum atomic E-state index is 11.9. The highest BCUT2D eigenvalue weighted by atomic mass is 32.2. The Bertz CT molecular complexity index is 895. The van der Waals surface area contributed by atoms with E-state index in [-0.39, 0.29) is 0 Å². The van der Waals surface area contributed by atoms with Crippen molar-refractivity contribution in [3.63, 3.8) is 0 Å². The molecular formula is C20H18O2S4. The predicted octanol–water partition coefficient (Wildman–Crippen LogP) is 5.46. The van der Waals surface area contributed by atoms with Gasteiger partial charge in [0.15, 0.2) is 0 Å². The molecule has 2 unspecified atom stereocenters. The summed E-state index contributed by atoms with van der Waals surface area (Å²) in [6, 6.07) is 23.8. The summed E-state index contributed by atoms with van der Waals surface area (Å²) in [4.78, 5) is 5.88. The summed E-state index contributed by atoms with van der Waals surface area (Å²) in [6.07, 6.45) is 3.40. The van der Waals surface area contributed by atoms with Crippen LogP contribution in [0, 0.1) is 0 Å². The highest BCUT2D eigenvalue weighted by Gasteiger charge is 2.10. The normalized spacial score (nSPS) is 13.3. The van der Waals surface area contributed by atoms with Crippen molar-refractivity contribution in [2.24, 2.45) is 0 Å². The van der Waals surface area contributed by atoms with E-state index < -0.39 is 21.6 Å². The molecule has 0 aliphatic carbocycles. The Balaban J connectivity index is 1.86. The molecule has 0 heterocycles. The van der Waals surface area contributed by atoms with E-state index in [9.17, 15) is 8.42 Å².